The third kappa shape index (κ3) is 2.62. The van der Waals surface area contributed by atoms with E-state index in [4.69, 9.17) is 10.5 Å². The van der Waals surface area contributed by atoms with E-state index < -0.39 is 0 Å². The normalized spacial score (nSPS) is 9.06. The zero-order valence-corrected chi connectivity index (χ0v) is 9.01. The van der Waals surface area contributed by atoms with Crippen molar-refractivity contribution < 1.29 is 0 Å². The van der Waals surface area contributed by atoms with Gasteiger partial charge in [-0.05, 0) is 36.4 Å². The van der Waals surface area contributed by atoms with Crippen LogP contribution in [0.3, 0.4) is 0 Å². The van der Waals surface area contributed by atoms with Crippen LogP contribution in [0.25, 0.3) is 0 Å². The number of rotatable bonds is 2. The van der Waals surface area contributed by atoms with Gasteiger partial charge in [-0.25, -0.2) is 0 Å². The molecule has 0 radical (unpaired) electrons. The molecule has 2 aromatic rings. The summed E-state index contributed by atoms with van der Waals surface area (Å²) in [5.41, 5.74) is 2.87. The first-order valence-corrected chi connectivity index (χ1v) is 5.09. The summed E-state index contributed by atoms with van der Waals surface area (Å²) in [5, 5.41) is 20.7. The fraction of sp³-hybridized carbons (Fsp3) is 0. The topological polar surface area (TPSA) is 59.6 Å². The summed E-state index contributed by atoms with van der Waals surface area (Å²) in [7, 11) is 0. The molecule has 3 nitrogen and oxygen atoms in total. The molecule has 0 amide bonds. The van der Waals surface area contributed by atoms with E-state index in [0.29, 0.717) is 11.1 Å². The van der Waals surface area contributed by atoms with Gasteiger partial charge in [0.2, 0.25) is 0 Å². The van der Waals surface area contributed by atoms with Crippen LogP contribution in [0, 0.1) is 22.7 Å². The van der Waals surface area contributed by atoms with Gasteiger partial charge in [-0.15, -0.1) is 0 Å². The van der Waals surface area contributed by atoms with Crippen LogP contribution in [0.15, 0.2) is 48.5 Å². The number of benzene rings is 2. The molecule has 17 heavy (non-hydrogen) atoms. The lowest BCUT2D eigenvalue weighted by molar-refractivity contribution is 1.46. The zero-order valence-electron chi connectivity index (χ0n) is 9.01. The zero-order chi connectivity index (χ0) is 12.1. The van der Waals surface area contributed by atoms with E-state index in [9.17, 15) is 0 Å². The summed E-state index contributed by atoms with van der Waals surface area (Å²) >= 11 is 0. The van der Waals surface area contributed by atoms with Gasteiger partial charge in [0.15, 0.2) is 0 Å². The lowest BCUT2D eigenvalue weighted by Crippen LogP contribution is -1.91. The number of hydrogen-bond acceptors (Lipinski definition) is 3. The lowest BCUT2D eigenvalue weighted by Gasteiger charge is -2.06. The predicted octanol–water partition coefficient (Wildman–Crippen LogP) is 3.17. The number of hydrogen-bond donors (Lipinski definition) is 1. The largest absolute Gasteiger partial charge is 0.355 e. The Bertz CT molecular complexity index is 562. The molecule has 0 aliphatic heterocycles. The highest BCUT2D eigenvalue weighted by atomic mass is 14.9. The molecule has 0 saturated carbocycles. The van der Waals surface area contributed by atoms with Gasteiger partial charge in [0.05, 0.1) is 23.3 Å². The van der Waals surface area contributed by atoms with Gasteiger partial charge < -0.3 is 5.32 Å². The Hall–Kier alpha value is -2.78. The Balaban J connectivity index is 2.26. The molecule has 0 aliphatic carbocycles. The minimum Gasteiger partial charge on any atom is -0.355 e. The predicted molar refractivity (Wildman–Crippen MR) is 65.6 cm³/mol. The molecular formula is C14H9N3. The van der Waals surface area contributed by atoms with E-state index in [2.05, 4.69) is 17.5 Å². The van der Waals surface area contributed by atoms with Gasteiger partial charge in [0, 0.05) is 11.4 Å². The van der Waals surface area contributed by atoms with Gasteiger partial charge >= 0.3 is 0 Å². The molecule has 2 rings (SSSR count). The molecule has 0 bridgehead atoms. The van der Waals surface area contributed by atoms with Gasteiger partial charge in [-0.3, -0.25) is 0 Å². The first-order valence-electron chi connectivity index (χ1n) is 5.09. The summed E-state index contributed by atoms with van der Waals surface area (Å²) in [4.78, 5) is 0. The maximum absolute atomic E-state index is 8.79. The molecule has 2 aromatic carbocycles. The van der Waals surface area contributed by atoms with Crippen LogP contribution < -0.4 is 5.32 Å². The van der Waals surface area contributed by atoms with E-state index in [-0.39, 0.29) is 0 Å². The van der Waals surface area contributed by atoms with Crippen LogP contribution in [-0.2, 0) is 0 Å². The average molecular weight is 219 g/mol. The van der Waals surface area contributed by atoms with Gasteiger partial charge in [0.25, 0.3) is 0 Å². The maximum Gasteiger partial charge on any atom is 0.0992 e. The van der Waals surface area contributed by atoms with Gasteiger partial charge in [0.1, 0.15) is 0 Å². The van der Waals surface area contributed by atoms with Crippen LogP contribution in [0.1, 0.15) is 11.1 Å². The molecule has 0 unspecified atom stereocenters. The van der Waals surface area contributed by atoms with Gasteiger partial charge in [-0.1, -0.05) is 12.1 Å². The van der Waals surface area contributed by atoms with E-state index >= 15 is 0 Å². The smallest absolute Gasteiger partial charge is 0.0992 e. The number of nitrogens with zero attached hydrogens (tertiary/aromatic N) is 2. The van der Waals surface area contributed by atoms with Crippen molar-refractivity contribution in [3.05, 3.63) is 59.7 Å². The van der Waals surface area contributed by atoms with Crippen LogP contribution in [0.2, 0.25) is 0 Å². The second-order valence-electron chi connectivity index (χ2n) is 3.51. The maximum atomic E-state index is 8.79. The van der Waals surface area contributed by atoms with E-state index in [1.165, 1.54) is 0 Å². The standard InChI is InChI=1S/C14H9N3/c15-9-11-3-1-5-13(7-11)17-14-6-2-4-12(8-14)10-16/h1-8,17H. The Morgan fingerprint density at radius 3 is 1.65 bits per heavy atom. The van der Waals surface area contributed by atoms with Gasteiger partial charge in [-0.2, -0.15) is 10.5 Å². The fourth-order valence-corrected chi connectivity index (χ4v) is 1.50. The molecular weight excluding hydrogens is 210 g/mol. The lowest BCUT2D eigenvalue weighted by atomic mass is 10.2. The van der Waals surface area contributed by atoms with Crippen molar-refractivity contribution in [2.75, 3.05) is 5.32 Å². The Morgan fingerprint density at radius 1 is 0.765 bits per heavy atom. The van der Waals surface area contributed by atoms with Crippen molar-refractivity contribution in [2.24, 2.45) is 0 Å². The van der Waals surface area contributed by atoms with Crippen LogP contribution in [0.5, 0.6) is 0 Å². The van der Waals surface area contributed by atoms with Crippen molar-refractivity contribution in [3.8, 4) is 12.1 Å². The quantitative estimate of drug-likeness (QED) is 0.843. The van der Waals surface area contributed by atoms with Crippen molar-refractivity contribution in [1.82, 2.24) is 0 Å². The molecule has 0 fully saturated rings. The van der Waals surface area contributed by atoms with Crippen LogP contribution in [0.4, 0.5) is 11.4 Å². The number of anilines is 2. The van der Waals surface area contributed by atoms with Crippen molar-refractivity contribution in [3.63, 3.8) is 0 Å². The summed E-state index contributed by atoms with van der Waals surface area (Å²) < 4.78 is 0. The summed E-state index contributed by atoms with van der Waals surface area (Å²) in [5.74, 6) is 0. The minimum absolute atomic E-state index is 0.603. The number of nitriles is 2. The SMILES string of the molecule is N#Cc1cccc(Nc2cccc(C#N)c2)c1. The molecule has 0 aromatic heterocycles. The number of nitrogens with one attached hydrogen (secondary N) is 1. The van der Waals surface area contributed by atoms with Crippen molar-refractivity contribution in [1.29, 1.82) is 10.5 Å². The summed E-state index contributed by atoms with van der Waals surface area (Å²) in [6, 6.07) is 18.6. The fourth-order valence-electron chi connectivity index (χ4n) is 1.50. The van der Waals surface area contributed by atoms with Crippen molar-refractivity contribution >= 4 is 11.4 Å². The molecule has 0 saturated heterocycles. The molecule has 80 valence electrons. The second-order valence-corrected chi connectivity index (χ2v) is 3.51. The molecule has 0 heterocycles. The monoisotopic (exact) mass is 219 g/mol. The Morgan fingerprint density at radius 2 is 1.24 bits per heavy atom. The Kier molecular flexibility index (Phi) is 3.05. The van der Waals surface area contributed by atoms with E-state index in [0.717, 1.165) is 11.4 Å². The second kappa shape index (κ2) is 4.83. The average Bonchev–Trinajstić information content (AvgIpc) is 2.39. The molecule has 1 N–H and O–H groups in total. The third-order valence-corrected chi connectivity index (χ3v) is 2.27. The summed E-state index contributed by atoms with van der Waals surface area (Å²) in [6.45, 7) is 0. The third-order valence-electron chi connectivity index (χ3n) is 2.27. The molecule has 3 heteroatoms. The summed E-state index contributed by atoms with van der Waals surface area (Å²) in [6.07, 6.45) is 0. The molecule has 0 atom stereocenters. The highest BCUT2D eigenvalue weighted by Crippen LogP contribution is 2.18. The van der Waals surface area contributed by atoms with Crippen LogP contribution >= 0.6 is 0 Å². The molecule has 0 aliphatic rings. The highest BCUT2D eigenvalue weighted by Gasteiger charge is 1.97. The van der Waals surface area contributed by atoms with Crippen molar-refractivity contribution in [2.45, 2.75) is 0 Å². The van der Waals surface area contributed by atoms with Crippen LogP contribution in [-0.4, -0.2) is 0 Å². The first-order chi connectivity index (χ1) is 8.31. The highest BCUT2D eigenvalue weighted by molar-refractivity contribution is 5.62. The molecule has 0 spiro atoms. The Labute approximate surface area is 99.6 Å². The first kappa shape index (κ1) is 10.7. The minimum atomic E-state index is 0.603. The van der Waals surface area contributed by atoms with E-state index in [1.54, 1.807) is 24.3 Å². The van der Waals surface area contributed by atoms with E-state index in [1.807, 2.05) is 24.3 Å².